The van der Waals surface area contributed by atoms with Gasteiger partial charge in [-0.05, 0) is 59.4 Å². The normalized spacial score (nSPS) is 12.7. The van der Waals surface area contributed by atoms with Gasteiger partial charge in [0.15, 0.2) is 5.78 Å². The van der Waals surface area contributed by atoms with Crippen LogP contribution in [0.25, 0.3) is 11.1 Å². The van der Waals surface area contributed by atoms with Crippen molar-refractivity contribution in [2.75, 3.05) is 18.8 Å². The standard InChI is InChI=1S/C19H15NOS/c1-22(2,3)9-8-13-4-6-15-16-7-5-14(12-20)11-18(16)19(21)17(15)10-13/h4-7,10-11H,1-3H3. The molecule has 0 bridgehead atoms. The van der Waals surface area contributed by atoms with Crippen molar-refractivity contribution in [3.8, 4) is 28.4 Å². The zero-order valence-corrected chi connectivity index (χ0v) is 13.5. The Balaban J connectivity index is 2.09. The quantitative estimate of drug-likeness (QED) is 0.593. The third-order valence-corrected chi connectivity index (χ3v) is 4.16. The fourth-order valence-corrected chi connectivity index (χ4v) is 2.86. The highest BCUT2D eigenvalue weighted by molar-refractivity contribution is 8.35. The summed E-state index contributed by atoms with van der Waals surface area (Å²) in [5.74, 6) is 3.15. The maximum atomic E-state index is 12.6. The molecule has 0 saturated carbocycles. The van der Waals surface area contributed by atoms with Gasteiger partial charge >= 0.3 is 0 Å². The van der Waals surface area contributed by atoms with Crippen LogP contribution in [0.15, 0.2) is 36.4 Å². The molecule has 3 heteroatoms. The first-order chi connectivity index (χ1) is 10.4. The molecule has 0 atom stereocenters. The van der Waals surface area contributed by atoms with Gasteiger partial charge in [0.1, 0.15) is 0 Å². The zero-order valence-electron chi connectivity index (χ0n) is 12.7. The van der Waals surface area contributed by atoms with Gasteiger partial charge in [0.25, 0.3) is 0 Å². The second-order valence-electron chi connectivity index (χ2n) is 6.03. The minimum Gasteiger partial charge on any atom is -0.289 e. The van der Waals surface area contributed by atoms with Gasteiger partial charge in [0, 0.05) is 16.7 Å². The summed E-state index contributed by atoms with van der Waals surface area (Å²) in [6.45, 7) is 0. The summed E-state index contributed by atoms with van der Waals surface area (Å²) in [7, 11) is -0.895. The predicted molar refractivity (Wildman–Crippen MR) is 92.3 cm³/mol. The van der Waals surface area contributed by atoms with E-state index in [9.17, 15) is 4.79 Å². The number of ketones is 1. The Hall–Kier alpha value is -2.49. The summed E-state index contributed by atoms with van der Waals surface area (Å²) in [6, 6.07) is 13.1. The molecular weight excluding hydrogens is 290 g/mol. The number of carbonyl (C=O) groups excluding carboxylic acids is 1. The number of carbonyl (C=O) groups is 1. The number of nitrogens with zero attached hydrogens (tertiary/aromatic N) is 1. The van der Waals surface area contributed by atoms with Crippen molar-refractivity contribution in [2.24, 2.45) is 0 Å². The summed E-state index contributed by atoms with van der Waals surface area (Å²) in [6.07, 6.45) is 6.41. The van der Waals surface area contributed by atoms with Crippen LogP contribution >= 0.6 is 10.0 Å². The van der Waals surface area contributed by atoms with E-state index in [1.807, 2.05) is 24.3 Å². The predicted octanol–water partition coefficient (Wildman–Crippen LogP) is 3.77. The first-order valence-electron chi connectivity index (χ1n) is 6.83. The minimum absolute atomic E-state index is 0.0196. The van der Waals surface area contributed by atoms with Crippen LogP contribution in [0, 0.1) is 22.5 Å². The number of nitriles is 1. The molecule has 0 fully saturated rings. The molecule has 2 aromatic rings. The number of rotatable bonds is 0. The van der Waals surface area contributed by atoms with E-state index in [0.29, 0.717) is 16.7 Å². The van der Waals surface area contributed by atoms with Gasteiger partial charge in [-0.3, -0.25) is 4.79 Å². The van der Waals surface area contributed by atoms with Crippen LogP contribution in [0.3, 0.4) is 0 Å². The van der Waals surface area contributed by atoms with E-state index in [-0.39, 0.29) is 5.78 Å². The van der Waals surface area contributed by atoms with E-state index in [4.69, 9.17) is 5.26 Å². The lowest BCUT2D eigenvalue weighted by Crippen LogP contribution is -1.96. The smallest absolute Gasteiger partial charge is 0.194 e. The van der Waals surface area contributed by atoms with Crippen molar-refractivity contribution in [3.05, 3.63) is 58.7 Å². The molecule has 0 saturated heterocycles. The average molecular weight is 305 g/mol. The fourth-order valence-electron chi connectivity index (χ4n) is 2.44. The lowest BCUT2D eigenvalue weighted by Gasteiger charge is -2.14. The lowest BCUT2D eigenvalue weighted by atomic mass is 10.0. The van der Waals surface area contributed by atoms with Gasteiger partial charge in [-0.2, -0.15) is 15.3 Å². The Labute approximate surface area is 132 Å². The third kappa shape index (κ3) is 2.52. The molecule has 0 unspecified atom stereocenters. The molecule has 22 heavy (non-hydrogen) atoms. The van der Waals surface area contributed by atoms with E-state index in [1.165, 1.54) is 0 Å². The van der Waals surface area contributed by atoms with E-state index in [1.54, 1.807) is 12.1 Å². The highest BCUT2D eigenvalue weighted by atomic mass is 32.3. The van der Waals surface area contributed by atoms with Crippen LogP contribution in [0.1, 0.15) is 27.0 Å². The second kappa shape index (κ2) is 5.05. The highest BCUT2D eigenvalue weighted by Crippen LogP contribution is 2.37. The summed E-state index contributed by atoms with van der Waals surface area (Å²) >= 11 is 0. The molecule has 0 aromatic heterocycles. The van der Waals surface area contributed by atoms with Gasteiger partial charge in [0.2, 0.25) is 0 Å². The molecule has 0 aliphatic heterocycles. The van der Waals surface area contributed by atoms with Crippen LogP contribution in [-0.2, 0) is 0 Å². The number of hydrogen-bond acceptors (Lipinski definition) is 2. The molecule has 1 aliphatic carbocycles. The van der Waals surface area contributed by atoms with Gasteiger partial charge in [-0.1, -0.05) is 18.1 Å². The molecule has 0 heterocycles. The monoisotopic (exact) mass is 305 g/mol. The topological polar surface area (TPSA) is 40.9 Å². The van der Waals surface area contributed by atoms with Crippen molar-refractivity contribution in [3.63, 3.8) is 0 Å². The Kier molecular flexibility index (Phi) is 3.32. The van der Waals surface area contributed by atoms with Crippen LogP contribution in [0.2, 0.25) is 0 Å². The first-order valence-corrected chi connectivity index (χ1v) is 9.69. The van der Waals surface area contributed by atoms with Gasteiger partial charge in [-0.15, -0.1) is 0 Å². The van der Waals surface area contributed by atoms with Crippen LogP contribution in [-0.4, -0.2) is 24.6 Å². The summed E-state index contributed by atoms with van der Waals surface area (Å²) in [5.41, 5.74) is 4.50. The molecular formula is C19H15NOS. The Morgan fingerprint density at radius 2 is 1.41 bits per heavy atom. The minimum atomic E-state index is -0.895. The first kappa shape index (κ1) is 14.4. The lowest BCUT2D eigenvalue weighted by molar-refractivity contribution is 0.104. The third-order valence-electron chi connectivity index (χ3n) is 3.45. The second-order valence-corrected chi connectivity index (χ2v) is 9.90. The molecule has 3 rings (SSSR count). The SMILES string of the molecule is CS(C)(C)C#Cc1ccc2c(c1)C(=O)c1cc(C#N)ccc1-2. The van der Waals surface area contributed by atoms with Crippen molar-refractivity contribution in [1.82, 2.24) is 0 Å². The van der Waals surface area contributed by atoms with E-state index < -0.39 is 10.0 Å². The van der Waals surface area contributed by atoms with Crippen molar-refractivity contribution in [2.45, 2.75) is 0 Å². The van der Waals surface area contributed by atoms with Gasteiger partial charge < -0.3 is 0 Å². The maximum absolute atomic E-state index is 12.6. The summed E-state index contributed by atoms with van der Waals surface area (Å²) < 4.78 is 0. The molecule has 1 aliphatic rings. The summed E-state index contributed by atoms with van der Waals surface area (Å²) in [4.78, 5) is 12.6. The van der Waals surface area contributed by atoms with Crippen molar-refractivity contribution >= 4 is 15.8 Å². The van der Waals surface area contributed by atoms with Crippen LogP contribution in [0.4, 0.5) is 0 Å². The van der Waals surface area contributed by atoms with E-state index in [0.717, 1.165) is 16.7 Å². The fraction of sp³-hybridized carbons (Fsp3) is 0.158. The molecule has 108 valence electrons. The largest absolute Gasteiger partial charge is 0.289 e. The van der Waals surface area contributed by atoms with E-state index >= 15 is 0 Å². The Morgan fingerprint density at radius 1 is 0.864 bits per heavy atom. The molecule has 0 radical (unpaired) electrons. The summed E-state index contributed by atoms with van der Waals surface area (Å²) in [5, 5.41) is 12.2. The average Bonchev–Trinajstić information content (AvgIpc) is 2.77. The maximum Gasteiger partial charge on any atom is 0.194 e. The molecule has 0 spiro atoms. The molecule has 2 nitrogen and oxygen atoms in total. The Morgan fingerprint density at radius 3 is 1.95 bits per heavy atom. The number of hydrogen-bond donors (Lipinski definition) is 0. The van der Waals surface area contributed by atoms with Crippen LogP contribution < -0.4 is 0 Å². The number of fused-ring (bicyclic) bond motifs is 3. The highest BCUT2D eigenvalue weighted by Gasteiger charge is 2.26. The van der Waals surface area contributed by atoms with E-state index in [2.05, 4.69) is 36.0 Å². The van der Waals surface area contributed by atoms with Crippen LogP contribution in [0.5, 0.6) is 0 Å². The van der Waals surface area contributed by atoms with Gasteiger partial charge in [0.05, 0.1) is 11.6 Å². The van der Waals surface area contributed by atoms with Gasteiger partial charge in [-0.25, -0.2) is 0 Å². The molecule has 0 amide bonds. The molecule has 2 aromatic carbocycles. The van der Waals surface area contributed by atoms with Crippen molar-refractivity contribution < 1.29 is 4.79 Å². The Bertz CT molecular complexity index is 902. The molecule has 0 N–H and O–H groups in total. The number of benzene rings is 2. The van der Waals surface area contributed by atoms with Crippen molar-refractivity contribution in [1.29, 1.82) is 5.26 Å². The zero-order chi connectivity index (χ0) is 15.9.